The van der Waals surface area contributed by atoms with Gasteiger partial charge >= 0.3 is 0 Å². The summed E-state index contributed by atoms with van der Waals surface area (Å²) in [6.07, 6.45) is 4.67. The van der Waals surface area contributed by atoms with Crippen molar-refractivity contribution in [2.24, 2.45) is 11.8 Å². The molecule has 3 fully saturated rings. The first-order chi connectivity index (χ1) is 11.0. The average molecular weight is 333 g/mol. The Labute approximate surface area is 137 Å². The van der Waals surface area contributed by atoms with E-state index in [2.05, 4.69) is 5.32 Å². The first-order valence-corrected chi connectivity index (χ1v) is 10.1. The maximum Gasteiger partial charge on any atom is 0.183 e. The van der Waals surface area contributed by atoms with Gasteiger partial charge in [0.2, 0.25) is 0 Å². The second kappa shape index (κ2) is 5.42. The van der Waals surface area contributed by atoms with Gasteiger partial charge in [-0.15, -0.1) is 0 Å². The van der Waals surface area contributed by atoms with Crippen molar-refractivity contribution >= 4 is 15.6 Å². The van der Waals surface area contributed by atoms with Gasteiger partial charge in [-0.2, -0.15) is 0 Å². The number of hydrogen-bond donors (Lipinski definition) is 1. The van der Waals surface area contributed by atoms with Crippen LogP contribution in [-0.4, -0.2) is 31.5 Å². The number of carbonyl (C=O) groups is 1. The molecule has 1 aromatic carbocycles. The molecule has 2 saturated carbocycles. The first-order valence-electron chi connectivity index (χ1n) is 8.60. The second-order valence-electron chi connectivity index (χ2n) is 7.32. The highest BCUT2D eigenvalue weighted by Gasteiger charge is 2.59. The predicted molar refractivity (Wildman–Crippen MR) is 87.8 cm³/mol. The smallest absolute Gasteiger partial charge is 0.183 e. The van der Waals surface area contributed by atoms with E-state index in [0.717, 1.165) is 25.8 Å². The summed E-state index contributed by atoms with van der Waals surface area (Å²) in [6.45, 7) is 0.817. The largest absolute Gasteiger partial charge is 0.309 e. The minimum atomic E-state index is -3.43. The first kappa shape index (κ1) is 15.3. The summed E-state index contributed by atoms with van der Waals surface area (Å²) in [5, 5.41) is 3.04. The number of benzene rings is 1. The number of Topliss-reactive ketones (excluding diaryl/α,β-unsaturated/α-hetero) is 1. The molecule has 0 radical (unpaired) electrons. The van der Waals surface area contributed by atoms with E-state index in [1.165, 1.54) is 0 Å². The summed E-state index contributed by atoms with van der Waals surface area (Å²) in [5.74, 6) is 0.922. The van der Waals surface area contributed by atoms with Gasteiger partial charge in [0.05, 0.1) is 10.1 Å². The third kappa shape index (κ3) is 2.28. The summed E-state index contributed by atoms with van der Waals surface area (Å²) in [5.41, 5.74) is -0.537. The molecule has 2 bridgehead atoms. The van der Waals surface area contributed by atoms with Crippen LogP contribution in [0.2, 0.25) is 0 Å². The van der Waals surface area contributed by atoms with Crippen LogP contribution in [0, 0.1) is 11.8 Å². The van der Waals surface area contributed by atoms with E-state index < -0.39 is 20.6 Å². The molecule has 1 heterocycles. The Morgan fingerprint density at radius 2 is 1.87 bits per heavy atom. The Kier molecular flexibility index (Phi) is 3.61. The van der Waals surface area contributed by atoms with Crippen LogP contribution in [0.4, 0.5) is 0 Å². The van der Waals surface area contributed by atoms with Crippen molar-refractivity contribution in [1.29, 1.82) is 0 Å². The Morgan fingerprint density at radius 3 is 2.65 bits per heavy atom. The van der Waals surface area contributed by atoms with E-state index in [1.54, 1.807) is 24.3 Å². The molecule has 23 heavy (non-hydrogen) atoms. The number of carbonyl (C=O) groups excluding carboxylic acids is 1. The third-order valence-corrected chi connectivity index (χ3v) is 8.51. The minimum absolute atomic E-state index is 0.230. The molecule has 4 rings (SSSR count). The summed E-state index contributed by atoms with van der Waals surface area (Å²) in [4.78, 5) is 12.7. The average Bonchev–Trinajstić information content (AvgIpc) is 2.54. The van der Waals surface area contributed by atoms with Gasteiger partial charge in [0.1, 0.15) is 5.78 Å². The van der Waals surface area contributed by atoms with Crippen LogP contribution < -0.4 is 5.32 Å². The number of nitrogens with one attached hydrogen (secondary N) is 1. The van der Waals surface area contributed by atoms with E-state index in [1.807, 2.05) is 6.07 Å². The molecular formula is C18H23NO3S. The van der Waals surface area contributed by atoms with Crippen LogP contribution in [0.5, 0.6) is 0 Å². The third-order valence-electron chi connectivity index (χ3n) is 6.18. The number of piperidine rings is 1. The monoisotopic (exact) mass is 333 g/mol. The fourth-order valence-electron chi connectivity index (χ4n) is 5.31. The molecule has 1 aliphatic heterocycles. The highest BCUT2D eigenvalue weighted by molar-refractivity contribution is 7.92. The maximum absolute atomic E-state index is 13.3. The molecular weight excluding hydrogens is 310 g/mol. The van der Waals surface area contributed by atoms with Gasteiger partial charge < -0.3 is 5.32 Å². The van der Waals surface area contributed by atoms with Crippen LogP contribution in [0.3, 0.4) is 0 Å². The lowest BCUT2D eigenvalue weighted by molar-refractivity contribution is -0.129. The lowest BCUT2D eigenvalue weighted by Gasteiger charge is -2.57. The topological polar surface area (TPSA) is 63.2 Å². The molecule has 124 valence electrons. The van der Waals surface area contributed by atoms with Gasteiger partial charge in [-0.05, 0) is 56.2 Å². The van der Waals surface area contributed by atoms with Crippen LogP contribution in [0.25, 0.3) is 0 Å². The van der Waals surface area contributed by atoms with Crippen LogP contribution >= 0.6 is 0 Å². The van der Waals surface area contributed by atoms with Gasteiger partial charge in [0.15, 0.2) is 9.84 Å². The zero-order valence-corrected chi connectivity index (χ0v) is 14.0. The molecule has 3 aliphatic rings. The molecule has 4 nitrogen and oxygen atoms in total. The maximum atomic E-state index is 13.3. The van der Waals surface area contributed by atoms with Crippen LogP contribution in [-0.2, 0) is 14.6 Å². The van der Waals surface area contributed by atoms with E-state index >= 15 is 0 Å². The van der Waals surface area contributed by atoms with Crippen molar-refractivity contribution in [3.8, 4) is 0 Å². The molecule has 2 aliphatic carbocycles. The molecule has 5 heteroatoms. The fraction of sp³-hybridized carbons (Fsp3) is 0.611. The Morgan fingerprint density at radius 1 is 1.09 bits per heavy atom. The van der Waals surface area contributed by atoms with E-state index in [0.29, 0.717) is 36.0 Å². The van der Waals surface area contributed by atoms with Gasteiger partial charge in [0, 0.05) is 18.4 Å². The molecule has 0 unspecified atom stereocenters. The normalized spacial score (nSPS) is 37.2. The van der Waals surface area contributed by atoms with Crippen molar-refractivity contribution in [1.82, 2.24) is 5.32 Å². The molecule has 1 aromatic rings. The van der Waals surface area contributed by atoms with Crippen LogP contribution in [0.1, 0.15) is 38.5 Å². The standard InChI is InChI=1S/C18H23NO3S/c20-14-11-13-8-9-17(18(12-14)16(13)7-4-10-19-18)23(21,22)15-5-2-1-3-6-15/h1-3,5-6,13,16-17,19H,4,7-12H2/t13-,16+,17-,18-/m0/s1. The molecule has 0 amide bonds. The summed E-state index contributed by atoms with van der Waals surface area (Å²) in [7, 11) is -3.43. The highest BCUT2D eigenvalue weighted by Crippen LogP contribution is 2.52. The van der Waals surface area contributed by atoms with Crippen molar-refractivity contribution in [3.63, 3.8) is 0 Å². The SMILES string of the molecule is O=C1C[C@@H]2CC[C@H](S(=O)(=O)c3ccccc3)[C@@]3(C1)NCCC[C@H]23. The number of ketones is 1. The van der Waals surface area contributed by atoms with E-state index in [9.17, 15) is 13.2 Å². The summed E-state index contributed by atoms with van der Waals surface area (Å²) in [6, 6.07) is 8.74. The number of sulfone groups is 1. The molecule has 0 aromatic heterocycles. The minimum Gasteiger partial charge on any atom is -0.309 e. The van der Waals surface area contributed by atoms with Crippen LogP contribution in [0.15, 0.2) is 35.2 Å². The Hall–Kier alpha value is -1.20. The van der Waals surface area contributed by atoms with Gasteiger partial charge in [-0.25, -0.2) is 8.42 Å². The quantitative estimate of drug-likeness (QED) is 0.902. The van der Waals surface area contributed by atoms with Gasteiger partial charge in [0.25, 0.3) is 0 Å². The number of rotatable bonds is 2. The Balaban J connectivity index is 1.80. The molecule has 1 saturated heterocycles. The van der Waals surface area contributed by atoms with E-state index in [-0.39, 0.29) is 5.78 Å². The molecule has 4 atom stereocenters. The van der Waals surface area contributed by atoms with Gasteiger partial charge in [-0.3, -0.25) is 4.79 Å². The van der Waals surface area contributed by atoms with Crippen molar-refractivity contribution in [3.05, 3.63) is 30.3 Å². The van der Waals surface area contributed by atoms with Gasteiger partial charge in [-0.1, -0.05) is 18.2 Å². The second-order valence-corrected chi connectivity index (χ2v) is 9.45. The zero-order valence-electron chi connectivity index (χ0n) is 13.2. The lowest BCUT2D eigenvalue weighted by atomic mass is 9.56. The zero-order chi connectivity index (χ0) is 16.1. The van der Waals surface area contributed by atoms with E-state index in [4.69, 9.17) is 0 Å². The van der Waals surface area contributed by atoms with Crippen molar-refractivity contribution in [2.75, 3.05) is 6.54 Å². The lowest BCUT2D eigenvalue weighted by Crippen LogP contribution is -2.70. The molecule has 1 N–H and O–H groups in total. The highest BCUT2D eigenvalue weighted by atomic mass is 32.2. The summed E-state index contributed by atoms with van der Waals surface area (Å²) < 4.78 is 26.6. The summed E-state index contributed by atoms with van der Waals surface area (Å²) >= 11 is 0. The Bertz CT molecular complexity index is 715. The fourth-order valence-corrected chi connectivity index (χ4v) is 7.52. The van der Waals surface area contributed by atoms with Crippen molar-refractivity contribution < 1.29 is 13.2 Å². The predicted octanol–water partition coefficient (Wildman–Crippen LogP) is 2.34. The number of hydrogen-bond acceptors (Lipinski definition) is 4. The van der Waals surface area contributed by atoms with Crippen molar-refractivity contribution in [2.45, 2.75) is 54.2 Å². The molecule has 0 spiro atoms.